The van der Waals surface area contributed by atoms with E-state index in [0.29, 0.717) is 23.4 Å². The number of carbonyl (C=O) groups excluding carboxylic acids is 2. The molecule has 4 rings (SSSR count). The topological polar surface area (TPSA) is 124 Å². The summed E-state index contributed by atoms with van der Waals surface area (Å²) >= 11 is 0. The van der Waals surface area contributed by atoms with Crippen molar-refractivity contribution in [3.63, 3.8) is 0 Å². The third-order valence-electron chi connectivity index (χ3n) is 4.14. The molecule has 4 aromatic heterocycles. The molecular formula is C17H17N9O2. The zero-order valence-electron chi connectivity index (χ0n) is 15.2. The second-order valence-corrected chi connectivity index (χ2v) is 6.14. The Kier molecular flexibility index (Phi) is 4.32. The minimum absolute atomic E-state index is 0.238. The Hall–Kier alpha value is -4.02. The van der Waals surface area contributed by atoms with Crippen LogP contribution in [-0.2, 0) is 20.6 Å². The fraction of sp³-hybridized carbons (Fsp3) is 0.176. The van der Waals surface area contributed by atoms with Crippen LogP contribution in [0.25, 0.3) is 5.65 Å². The summed E-state index contributed by atoms with van der Waals surface area (Å²) in [6.07, 6.45) is 9.61. The molecule has 4 aromatic rings. The molecule has 2 amide bonds. The van der Waals surface area contributed by atoms with E-state index in [9.17, 15) is 9.59 Å². The third-order valence-corrected chi connectivity index (χ3v) is 4.14. The van der Waals surface area contributed by atoms with Gasteiger partial charge in [0.1, 0.15) is 11.3 Å². The van der Waals surface area contributed by atoms with Gasteiger partial charge in [-0.15, -0.1) is 0 Å². The van der Waals surface area contributed by atoms with Gasteiger partial charge in [0, 0.05) is 44.8 Å². The van der Waals surface area contributed by atoms with Gasteiger partial charge in [-0.3, -0.25) is 19.0 Å². The van der Waals surface area contributed by atoms with Crippen molar-refractivity contribution < 1.29 is 9.59 Å². The molecule has 0 radical (unpaired) electrons. The molecule has 11 nitrogen and oxygen atoms in total. The van der Waals surface area contributed by atoms with E-state index in [0.717, 1.165) is 5.56 Å². The van der Waals surface area contributed by atoms with Crippen LogP contribution in [0.1, 0.15) is 26.4 Å². The highest BCUT2D eigenvalue weighted by molar-refractivity contribution is 6.10. The van der Waals surface area contributed by atoms with Crippen LogP contribution in [-0.4, -0.2) is 46.0 Å². The molecule has 0 unspecified atom stereocenters. The number of aryl methyl sites for hydroxylation is 2. The third kappa shape index (κ3) is 3.20. The number of fused-ring (bicyclic) bond motifs is 1. The molecule has 0 aliphatic carbocycles. The van der Waals surface area contributed by atoms with Gasteiger partial charge in [0.2, 0.25) is 0 Å². The van der Waals surface area contributed by atoms with Crippen molar-refractivity contribution >= 4 is 23.1 Å². The molecule has 0 atom stereocenters. The summed E-state index contributed by atoms with van der Waals surface area (Å²) in [6.45, 7) is 0.309. The lowest BCUT2D eigenvalue weighted by molar-refractivity contribution is 0.0942. The van der Waals surface area contributed by atoms with Crippen molar-refractivity contribution in [3.05, 3.63) is 60.1 Å². The zero-order chi connectivity index (χ0) is 19.7. The van der Waals surface area contributed by atoms with E-state index in [2.05, 4.69) is 30.9 Å². The van der Waals surface area contributed by atoms with Crippen molar-refractivity contribution in [1.82, 2.24) is 39.5 Å². The van der Waals surface area contributed by atoms with Crippen LogP contribution >= 0.6 is 0 Å². The quantitative estimate of drug-likeness (QED) is 0.517. The van der Waals surface area contributed by atoms with E-state index in [-0.39, 0.29) is 11.6 Å². The first kappa shape index (κ1) is 17.4. The van der Waals surface area contributed by atoms with Crippen LogP contribution in [0.5, 0.6) is 0 Å². The summed E-state index contributed by atoms with van der Waals surface area (Å²) in [4.78, 5) is 29.5. The molecule has 0 aromatic carbocycles. The van der Waals surface area contributed by atoms with Crippen molar-refractivity contribution in [2.45, 2.75) is 6.54 Å². The number of anilines is 1. The number of carbonyl (C=O) groups is 2. The van der Waals surface area contributed by atoms with Crippen LogP contribution in [0.3, 0.4) is 0 Å². The lowest BCUT2D eigenvalue weighted by Gasteiger charge is -2.08. The number of nitrogens with zero attached hydrogens (tertiary/aromatic N) is 7. The largest absolute Gasteiger partial charge is 0.346 e. The zero-order valence-corrected chi connectivity index (χ0v) is 15.2. The normalized spacial score (nSPS) is 10.9. The van der Waals surface area contributed by atoms with E-state index in [1.54, 1.807) is 43.4 Å². The number of nitrogens with one attached hydrogen (secondary N) is 2. The molecule has 0 fully saturated rings. The Morgan fingerprint density at radius 3 is 2.71 bits per heavy atom. The Morgan fingerprint density at radius 1 is 1.07 bits per heavy atom. The van der Waals surface area contributed by atoms with Crippen LogP contribution in [0.2, 0.25) is 0 Å². The van der Waals surface area contributed by atoms with Gasteiger partial charge in [-0.25, -0.2) is 9.50 Å². The smallest absolute Gasteiger partial charge is 0.271 e. The van der Waals surface area contributed by atoms with Gasteiger partial charge in [0.25, 0.3) is 11.8 Å². The Bertz CT molecular complexity index is 1170. The summed E-state index contributed by atoms with van der Waals surface area (Å²) in [5, 5.41) is 17.8. The maximum absolute atomic E-state index is 12.7. The number of hydrogen-bond donors (Lipinski definition) is 2. The Labute approximate surface area is 159 Å². The minimum atomic E-state index is -0.428. The second kappa shape index (κ2) is 6.95. The van der Waals surface area contributed by atoms with Gasteiger partial charge in [-0.2, -0.15) is 15.3 Å². The van der Waals surface area contributed by atoms with Crippen LogP contribution in [0.15, 0.2) is 43.2 Å². The van der Waals surface area contributed by atoms with Gasteiger partial charge in [0.15, 0.2) is 5.65 Å². The number of rotatable bonds is 5. The minimum Gasteiger partial charge on any atom is -0.346 e. The highest BCUT2D eigenvalue weighted by Crippen LogP contribution is 2.17. The summed E-state index contributed by atoms with van der Waals surface area (Å²) in [5.41, 5.74) is 2.12. The van der Waals surface area contributed by atoms with E-state index in [1.807, 2.05) is 6.20 Å². The van der Waals surface area contributed by atoms with E-state index in [1.165, 1.54) is 21.6 Å². The Balaban J connectivity index is 1.52. The van der Waals surface area contributed by atoms with Crippen molar-refractivity contribution in [1.29, 1.82) is 0 Å². The summed E-state index contributed by atoms with van der Waals surface area (Å²) in [7, 11) is 3.43. The molecule has 0 aliphatic rings. The fourth-order valence-corrected chi connectivity index (χ4v) is 2.80. The van der Waals surface area contributed by atoms with Crippen LogP contribution in [0, 0.1) is 0 Å². The standard InChI is InChI=1S/C17H17N9O2/c1-24-10-11(7-20-24)6-19-17(28)14-13(9-21-25(14)2)23-16(27)12-8-22-26-5-3-4-18-15(12)26/h3-5,7-10H,6H2,1-2H3,(H,19,28)(H,23,27). The number of hydrogen-bond acceptors (Lipinski definition) is 6. The Morgan fingerprint density at radius 2 is 1.93 bits per heavy atom. The van der Waals surface area contributed by atoms with E-state index in [4.69, 9.17) is 0 Å². The molecule has 0 bridgehead atoms. The van der Waals surface area contributed by atoms with Crippen molar-refractivity contribution in [2.75, 3.05) is 5.32 Å². The average molecular weight is 379 g/mol. The second-order valence-electron chi connectivity index (χ2n) is 6.14. The molecule has 11 heteroatoms. The highest BCUT2D eigenvalue weighted by Gasteiger charge is 2.21. The SMILES string of the molecule is Cn1cc(CNC(=O)c2c(NC(=O)c3cnn4cccnc34)cnn2C)cn1. The maximum atomic E-state index is 12.7. The summed E-state index contributed by atoms with van der Waals surface area (Å²) in [6, 6.07) is 1.72. The lowest BCUT2D eigenvalue weighted by atomic mass is 10.2. The molecule has 4 heterocycles. The van der Waals surface area contributed by atoms with Gasteiger partial charge in [0.05, 0.1) is 24.3 Å². The monoisotopic (exact) mass is 379 g/mol. The summed E-state index contributed by atoms with van der Waals surface area (Å²) < 4.78 is 4.56. The lowest BCUT2D eigenvalue weighted by Crippen LogP contribution is -2.26. The first-order valence-corrected chi connectivity index (χ1v) is 8.40. The molecule has 0 aliphatic heterocycles. The molecule has 0 saturated carbocycles. The van der Waals surface area contributed by atoms with Gasteiger partial charge < -0.3 is 10.6 Å². The summed E-state index contributed by atoms with van der Waals surface area (Å²) in [5.74, 6) is -0.792. The van der Waals surface area contributed by atoms with Gasteiger partial charge in [-0.1, -0.05) is 0 Å². The highest BCUT2D eigenvalue weighted by atomic mass is 16.2. The molecule has 28 heavy (non-hydrogen) atoms. The van der Waals surface area contributed by atoms with Gasteiger partial charge >= 0.3 is 0 Å². The van der Waals surface area contributed by atoms with E-state index >= 15 is 0 Å². The van der Waals surface area contributed by atoms with E-state index < -0.39 is 5.91 Å². The predicted molar refractivity (Wildman–Crippen MR) is 98.5 cm³/mol. The average Bonchev–Trinajstić information content (AvgIpc) is 3.38. The first-order valence-electron chi connectivity index (χ1n) is 8.40. The molecule has 142 valence electrons. The molecular weight excluding hydrogens is 362 g/mol. The van der Waals surface area contributed by atoms with Crippen molar-refractivity contribution in [2.24, 2.45) is 14.1 Å². The predicted octanol–water partition coefficient (Wildman–Crippen LogP) is 0.379. The van der Waals surface area contributed by atoms with Crippen molar-refractivity contribution in [3.8, 4) is 0 Å². The maximum Gasteiger partial charge on any atom is 0.271 e. The first-order chi connectivity index (χ1) is 13.5. The molecule has 2 N–H and O–H groups in total. The number of aromatic nitrogens is 7. The fourth-order valence-electron chi connectivity index (χ4n) is 2.80. The van der Waals surface area contributed by atoms with Gasteiger partial charge in [-0.05, 0) is 6.07 Å². The molecule has 0 saturated heterocycles. The van der Waals surface area contributed by atoms with Crippen LogP contribution < -0.4 is 10.6 Å². The van der Waals surface area contributed by atoms with Crippen LogP contribution in [0.4, 0.5) is 5.69 Å². The number of amides is 2. The molecule has 0 spiro atoms.